The van der Waals surface area contributed by atoms with Crippen LogP contribution in [0.2, 0.25) is 5.02 Å². The average Bonchev–Trinajstić information content (AvgIpc) is 2.35. The fourth-order valence-electron chi connectivity index (χ4n) is 2.50. The van der Waals surface area contributed by atoms with E-state index in [1.807, 2.05) is 6.07 Å². The summed E-state index contributed by atoms with van der Waals surface area (Å²) in [4.78, 5) is 0. The zero-order valence-corrected chi connectivity index (χ0v) is 10.8. The van der Waals surface area contributed by atoms with Crippen molar-refractivity contribution in [3.8, 4) is 5.75 Å². The van der Waals surface area contributed by atoms with Crippen molar-refractivity contribution in [3.63, 3.8) is 0 Å². The Morgan fingerprint density at radius 2 is 2.00 bits per heavy atom. The highest BCUT2D eigenvalue weighted by atomic mass is 35.5. The van der Waals surface area contributed by atoms with Gasteiger partial charge >= 0.3 is 0 Å². The zero-order chi connectivity index (χ0) is 12.1. The van der Waals surface area contributed by atoms with Crippen molar-refractivity contribution in [2.45, 2.75) is 38.6 Å². The summed E-state index contributed by atoms with van der Waals surface area (Å²) in [6.45, 7) is 1.74. The van der Waals surface area contributed by atoms with Crippen LogP contribution in [0, 0.1) is 5.92 Å². The summed E-state index contributed by atoms with van der Waals surface area (Å²) < 4.78 is 0. The van der Waals surface area contributed by atoms with Crippen LogP contribution >= 0.6 is 11.6 Å². The van der Waals surface area contributed by atoms with Gasteiger partial charge in [-0.25, -0.2) is 0 Å². The van der Waals surface area contributed by atoms with Gasteiger partial charge in [0.1, 0.15) is 5.75 Å². The average molecular weight is 254 g/mol. The van der Waals surface area contributed by atoms with Crippen molar-refractivity contribution >= 4 is 11.6 Å². The molecule has 1 aliphatic rings. The van der Waals surface area contributed by atoms with E-state index in [0.29, 0.717) is 17.3 Å². The summed E-state index contributed by atoms with van der Waals surface area (Å²) in [6, 6.07) is 5.19. The Kier molecular flexibility index (Phi) is 4.69. The van der Waals surface area contributed by atoms with Crippen LogP contribution in [0.3, 0.4) is 0 Å². The summed E-state index contributed by atoms with van der Waals surface area (Å²) in [5, 5.41) is 13.8. The van der Waals surface area contributed by atoms with Gasteiger partial charge in [-0.2, -0.15) is 0 Å². The normalized spacial score (nSPS) is 17.2. The smallest absolute Gasteiger partial charge is 0.120 e. The van der Waals surface area contributed by atoms with Crippen molar-refractivity contribution in [3.05, 3.63) is 28.8 Å². The molecular formula is C14H20ClNO. The van der Waals surface area contributed by atoms with Gasteiger partial charge < -0.3 is 10.4 Å². The van der Waals surface area contributed by atoms with Gasteiger partial charge in [0.2, 0.25) is 0 Å². The number of nitrogens with one attached hydrogen (secondary N) is 1. The Balaban J connectivity index is 1.79. The van der Waals surface area contributed by atoms with Gasteiger partial charge in [0.15, 0.2) is 0 Å². The van der Waals surface area contributed by atoms with Crippen LogP contribution in [-0.4, -0.2) is 11.7 Å². The minimum Gasteiger partial charge on any atom is -0.508 e. The number of aromatic hydroxyl groups is 1. The molecule has 0 bridgehead atoms. The van der Waals surface area contributed by atoms with E-state index in [2.05, 4.69) is 5.32 Å². The lowest BCUT2D eigenvalue weighted by molar-refractivity contribution is 0.341. The molecule has 1 fully saturated rings. The van der Waals surface area contributed by atoms with Gasteiger partial charge in [0, 0.05) is 17.1 Å². The molecule has 0 aromatic heterocycles. The van der Waals surface area contributed by atoms with Gasteiger partial charge in [-0.05, 0) is 43.5 Å². The first-order valence-corrected chi connectivity index (χ1v) is 6.81. The lowest BCUT2D eigenvalue weighted by Gasteiger charge is -2.21. The van der Waals surface area contributed by atoms with E-state index >= 15 is 0 Å². The number of hydrogen-bond acceptors (Lipinski definition) is 2. The maximum absolute atomic E-state index is 9.67. The van der Waals surface area contributed by atoms with Crippen molar-refractivity contribution in [1.82, 2.24) is 5.32 Å². The molecule has 2 nitrogen and oxygen atoms in total. The fourth-order valence-corrected chi connectivity index (χ4v) is 2.69. The highest BCUT2D eigenvalue weighted by molar-refractivity contribution is 6.30. The molecule has 1 aliphatic carbocycles. The molecule has 0 amide bonds. The van der Waals surface area contributed by atoms with Crippen LogP contribution in [-0.2, 0) is 6.54 Å². The van der Waals surface area contributed by atoms with Crippen molar-refractivity contribution in [2.75, 3.05) is 6.54 Å². The second-order valence-corrected chi connectivity index (χ2v) is 5.34. The molecule has 0 atom stereocenters. The largest absolute Gasteiger partial charge is 0.508 e. The molecule has 94 valence electrons. The van der Waals surface area contributed by atoms with Crippen LogP contribution in [0.4, 0.5) is 0 Å². The van der Waals surface area contributed by atoms with Gasteiger partial charge in [-0.1, -0.05) is 30.9 Å². The topological polar surface area (TPSA) is 32.3 Å². The van der Waals surface area contributed by atoms with E-state index in [1.165, 1.54) is 32.1 Å². The number of rotatable bonds is 4. The Morgan fingerprint density at radius 1 is 1.24 bits per heavy atom. The monoisotopic (exact) mass is 253 g/mol. The molecule has 0 saturated heterocycles. The number of benzene rings is 1. The second-order valence-electron chi connectivity index (χ2n) is 4.91. The zero-order valence-electron chi connectivity index (χ0n) is 10.1. The summed E-state index contributed by atoms with van der Waals surface area (Å²) in [6.07, 6.45) is 6.82. The van der Waals surface area contributed by atoms with Gasteiger partial charge in [0.05, 0.1) is 0 Å². The molecule has 3 heteroatoms. The third-order valence-electron chi connectivity index (χ3n) is 3.51. The molecule has 0 radical (unpaired) electrons. The van der Waals surface area contributed by atoms with Crippen LogP contribution in [0.5, 0.6) is 5.75 Å². The Bertz CT molecular complexity index is 361. The molecule has 1 aromatic carbocycles. The predicted octanol–water partition coefficient (Wildman–Crippen LogP) is 3.72. The van der Waals surface area contributed by atoms with E-state index < -0.39 is 0 Å². The fraction of sp³-hybridized carbons (Fsp3) is 0.571. The molecule has 2 N–H and O–H groups in total. The summed E-state index contributed by atoms with van der Waals surface area (Å²) in [7, 11) is 0. The van der Waals surface area contributed by atoms with Crippen molar-refractivity contribution < 1.29 is 5.11 Å². The molecule has 1 saturated carbocycles. The standard InChI is InChI=1S/C14H20ClNO/c15-13-6-7-14(17)12(8-13)10-16-9-11-4-2-1-3-5-11/h6-8,11,16-17H,1-5,9-10H2. The minimum absolute atomic E-state index is 0.325. The molecule has 2 rings (SSSR count). The maximum atomic E-state index is 9.67. The first-order chi connectivity index (χ1) is 8.25. The van der Waals surface area contributed by atoms with Gasteiger partial charge in [-0.15, -0.1) is 0 Å². The SMILES string of the molecule is Oc1ccc(Cl)cc1CNCC1CCCCC1. The molecule has 0 unspecified atom stereocenters. The summed E-state index contributed by atoms with van der Waals surface area (Å²) >= 11 is 5.91. The molecular weight excluding hydrogens is 234 g/mol. The number of hydrogen-bond donors (Lipinski definition) is 2. The highest BCUT2D eigenvalue weighted by Gasteiger charge is 2.12. The van der Waals surface area contributed by atoms with E-state index in [1.54, 1.807) is 12.1 Å². The van der Waals surface area contributed by atoms with Crippen LogP contribution in [0.1, 0.15) is 37.7 Å². The number of halogens is 1. The lowest BCUT2D eigenvalue weighted by atomic mass is 9.89. The third-order valence-corrected chi connectivity index (χ3v) is 3.75. The van der Waals surface area contributed by atoms with Crippen LogP contribution in [0.15, 0.2) is 18.2 Å². The first-order valence-electron chi connectivity index (χ1n) is 6.44. The first kappa shape index (κ1) is 12.7. The quantitative estimate of drug-likeness (QED) is 0.857. The lowest BCUT2D eigenvalue weighted by Crippen LogP contribution is -2.24. The Labute approximate surface area is 108 Å². The van der Waals surface area contributed by atoms with E-state index in [-0.39, 0.29) is 0 Å². The molecule has 0 spiro atoms. The van der Waals surface area contributed by atoms with Gasteiger partial charge in [-0.3, -0.25) is 0 Å². The van der Waals surface area contributed by atoms with Crippen molar-refractivity contribution in [1.29, 1.82) is 0 Å². The number of phenols is 1. The van der Waals surface area contributed by atoms with Gasteiger partial charge in [0.25, 0.3) is 0 Å². The predicted molar refractivity (Wildman–Crippen MR) is 71.4 cm³/mol. The van der Waals surface area contributed by atoms with E-state index in [9.17, 15) is 5.11 Å². The summed E-state index contributed by atoms with van der Waals surface area (Å²) in [5.41, 5.74) is 0.883. The highest BCUT2D eigenvalue weighted by Crippen LogP contribution is 2.24. The molecule has 0 aliphatic heterocycles. The van der Waals surface area contributed by atoms with Crippen LogP contribution in [0.25, 0.3) is 0 Å². The van der Waals surface area contributed by atoms with E-state index in [0.717, 1.165) is 18.0 Å². The molecule has 0 heterocycles. The summed E-state index contributed by atoms with van der Waals surface area (Å²) in [5.74, 6) is 1.13. The maximum Gasteiger partial charge on any atom is 0.120 e. The molecule has 17 heavy (non-hydrogen) atoms. The van der Waals surface area contributed by atoms with Crippen LogP contribution < -0.4 is 5.32 Å². The van der Waals surface area contributed by atoms with Crippen molar-refractivity contribution in [2.24, 2.45) is 5.92 Å². The molecule has 1 aromatic rings. The minimum atomic E-state index is 0.325. The third kappa shape index (κ3) is 3.90. The number of phenolic OH excluding ortho intramolecular Hbond substituents is 1. The second kappa shape index (κ2) is 6.27. The Hall–Kier alpha value is -0.730. The Morgan fingerprint density at radius 3 is 2.76 bits per heavy atom. The van der Waals surface area contributed by atoms with E-state index in [4.69, 9.17) is 11.6 Å².